The number of carbonyl (C=O) groups excluding carboxylic acids is 1. The van der Waals surface area contributed by atoms with E-state index in [9.17, 15) is 9.18 Å². The van der Waals surface area contributed by atoms with Crippen LogP contribution in [0.15, 0.2) is 42.9 Å². The Morgan fingerprint density at radius 3 is 2.97 bits per heavy atom. The van der Waals surface area contributed by atoms with E-state index in [0.29, 0.717) is 35.0 Å². The van der Waals surface area contributed by atoms with Crippen LogP contribution in [0.2, 0.25) is 5.02 Å². The van der Waals surface area contributed by atoms with Gasteiger partial charge in [0.25, 0.3) is 5.91 Å². The van der Waals surface area contributed by atoms with Gasteiger partial charge in [0.2, 0.25) is 0 Å². The summed E-state index contributed by atoms with van der Waals surface area (Å²) in [4.78, 5) is 15.8. The molecule has 1 amide bonds. The zero-order valence-electron chi connectivity index (χ0n) is 15.3. The third kappa shape index (κ3) is 3.77. The molecule has 148 valence electrons. The van der Waals surface area contributed by atoms with Gasteiger partial charge >= 0.3 is 0 Å². The minimum atomic E-state index is -0.335. The number of hydrogen-bond donors (Lipinski definition) is 2. The Labute approximate surface area is 169 Å². The van der Waals surface area contributed by atoms with Crippen LogP contribution in [0.3, 0.4) is 0 Å². The van der Waals surface area contributed by atoms with Gasteiger partial charge in [-0.1, -0.05) is 11.6 Å². The highest BCUT2D eigenvalue weighted by atomic mass is 35.5. The number of tetrazole rings is 1. The zero-order chi connectivity index (χ0) is 20.4. The third-order valence-electron chi connectivity index (χ3n) is 4.52. The molecule has 0 aliphatic carbocycles. The van der Waals surface area contributed by atoms with Crippen LogP contribution in [0.1, 0.15) is 15.9 Å². The molecule has 0 radical (unpaired) electrons. The van der Waals surface area contributed by atoms with E-state index >= 15 is 0 Å². The Bertz CT molecular complexity index is 1180. The fourth-order valence-corrected chi connectivity index (χ4v) is 3.35. The second kappa shape index (κ2) is 7.88. The molecule has 2 heterocycles. The minimum absolute atomic E-state index is 0.291. The van der Waals surface area contributed by atoms with Crippen LogP contribution >= 0.6 is 11.6 Å². The number of aromatic amines is 1. The first-order valence-corrected chi connectivity index (χ1v) is 9.09. The van der Waals surface area contributed by atoms with E-state index in [1.807, 2.05) is 6.20 Å². The maximum absolute atomic E-state index is 13.5. The minimum Gasteiger partial charge on any atom is -0.496 e. The van der Waals surface area contributed by atoms with E-state index in [1.165, 1.54) is 36.3 Å². The molecule has 2 N–H and O–H groups in total. The topological polar surface area (TPSA) is 97.7 Å². The number of aromatic nitrogens is 5. The van der Waals surface area contributed by atoms with Crippen LogP contribution in [0.4, 0.5) is 4.39 Å². The quantitative estimate of drug-likeness (QED) is 0.505. The molecule has 2 aromatic heterocycles. The van der Waals surface area contributed by atoms with Gasteiger partial charge in [0.1, 0.15) is 17.9 Å². The smallest absolute Gasteiger partial charge is 0.255 e. The number of amides is 1. The summed E-state index contributed by atoms with van der Waals surface area (Å²) in [5, 5.41) is 14.9. The Balaban J connectivity index is 1.49. The van der Waals surface area contributed by atoms with Gasteiger partial charge in [0.15, 0.2) is 0 Å². The van der Waals surface area contributed by atoms with Crippen LogP contribution in [0.25, 0.3) is 16.6 Å². The summed E-state index contributed by atoms with van der Waals surface area (Å²) >= 11 is 6.30. The number of rotatable bonds is 6. The predicted octanol–water partition coefficient (Wildman–Crippen LogP) is 2.92. The number of carbonyl (C=O) groups is 1. The van der Waals surface area contributed by atoms with Gasteiger partial charge in [0, 0.05) is 29.7 Å². The Hall–Kier alpha value is -3.46. The summed E-state index contributed by atoms with van der Waals surface area (Å²) in [6, 6.07) is 7.67. The molecule has 4 rings (SSSR count). The number of hydrogen-bond acceptors (Lipinski definition) is 5. The van der Waals surface area contributed by atoms with Crippen molar-refractivity contribution in [1.82, 2.24) is 30.5 Å². The van der Waals surface area contributed by atoms with Crippen molar-refractivity contribution in [1.29, 1.82) is 0 Å². The molecular weight excluding hydrogens is 399 g/mol. The lowest BCUT2D eigenvalue weighted by atomic mass is 10.1. The highest BCUT2D eigenvalue weighted by molar-refractivity contribution is 6.33. The monoisotopic (exact) mass is 414 g/mol. The van der Waals surface area contributed by atoms with Crippen molar-refractivity contribution in [3.63, 3.8) is 0 Å². The van der Waals surface area contributed by atoms with Crippen LogP contribution in [-0.4, -0.2) is 44.8 Å². The lowest BCUT2D eigenvalue weighted by Gasteiger charge is -2.12. The fraction of sp³-hybridized carbons (Fsp3) is 0.158. The molecule has 0 unspecified atom stereocenters. The number of ether oxygens (including phenoxy) is 1. The summed E-state index contributed by atoms with van der Waals surface area (Å²) in [7, 11) is 1.46. The molecule has 0 fully saturated rings. The van der Waals surface area contributed by atoms with Gasteiger partial charge in [-0.3, -0.25) is 4.79 Å². The van der Waals surface area contributed by atoms with Crippen molar-refractivity contribution >= 4 is 28.4 Å². The summed E-state index contributed by atoms with van der Waals surface area (Å²) in [6.45, 7) is 0.359. The number of halogens is 2. The number of methoxy groups -OCH3 is 1. The normalized spacial score (nSPS) is 11.0. The predicted molar refractivity (Wildman–Crippen MR) is 105 cm³/mol. The number of nitrogens with one attached hydrogen (secondary N) is 2. The lowest BCUT2D eigenvalue weighted by molar-refractivity contribution is 0.0951. The van der Waals surface area contributed by atoms with E-state index < -0.39 is 0 Å². The maximum atomic E-state index is 13.5. The molecule has 2 aromatic carbocycles. The summed E-state index contributed by atoms with van der Waals surface area (Å²) in [5.74, 6) is -0.297. The molecule has 29 heavy (non-hydrogen) atoms. The van der Waals surface area contributed by atoms with E-state index in [1.54, 1.807) is 12.1 Å². The Kier molecular flexibility index (Phi) is 5.13. The number of nitrogens with zero attached hydrogens (tertiary/aromatic N) is 4. The molecule has 0 aliphatic rings. The van der Waals surface area contributed by atoms with Gasteiger partial charge in [-0.15, -0.1) is 5.10 Å². The van der Waals surface area contributed by atoms with Crippen LogP contribution in [-0.2, 0) is 6.42 Å². The highest BCUT2D eigenvalue weighted by Gasteiger charge is 2.17. The molecule has 0 saturated carbocycles. The molecule has 4 aromatic rings. The standard InChI is InChI=1S/C19H16ClFN6O2/c1-29-18-8-17(27-10-24-25-26-27)15(20)7-14(18)19(28)22-5-4-11-9-23-16-3-2-12(21)6-13(11)16/h2-3,6-10,23H,4-5H2,1H3,(H,22,28). The van der Waals surface area contributed by atoms with Crippen molar-refractivity contribution in [2.24, 2.45) is 0 Å². The second-order valence-electron chi connectivity index (χ2n) is 6.27. The highest BCUT2D eigenvalue weighted by Crippen LogP contribution is 2.29. The van der Waals surface area contributed by atoms with E-state index in [2.05, 4.69) is 25.8 Å². The van der Waals surface area contributed by atoms with Gasteiger partial charge in [-0.2, -0.15) is 4.68 Å². The van der Waals surface area contributed by atoms with Gasteiger partial charge in [-0.25, -0.2) is 4.39 Å². The molecule has 0 atom stereocenters. The maximum Gasteiger partial charge on any atom is 0.255 e. The van der Waals surface area contributed by atoms with Crippen LogP contribution < -0.4 is 10.1 Å². The first-order valence-electron chi connectivity index (χ1n) is 8.71. The van der Waals surface area contributed by atoms with Gasteiger partial charge in [-0.05, 0) is 46.7 Å². The molecule has 0 saturated heterocycles. The molecule has 0 bridgehead atoms. The van der Waals surface area contributed by atoms with Crippen molar-refractivity contribution in [3.8, 4) is 11.4 Å². The second-order valence-corrected chi connectivity index (χ2v) is 6.68. The summed E-state index contributed by atoms with van der Waals surface area (Å²) in [6.07, 6.45) is 3.74. The van der Waals surface area contributed by atoms with Crippen molar-refractivity contribution in [2.75, 3.05) is 13.7 Å². The van der Waals surface area contributed by atoms with E-state index in [-0.39, 0.29) is 11.7 Å². The summed E-state index contributed by atoms with van der Waals surface area (Å²) in [5.41, 5.74) is 2.54. The number of benzene rings is 2. The fourth-order valence-electron chi connectivity index (χ4n) is 3.10. The average molecular weight is 415 g/mol. The first kappa shape index (κ1) is 18.9. The Morgan fingerprint density at radius 1 is 1.34 bits per heavy atom. The SMILES string of the molecule is COc1cc(-n2cnnn2)c(Cl)cc1C(=O)NCCc1c[nH]c2ccc(F)cc12. The number of fused-ring (bicyclic) bond motifs is 1. The molecule has 0 aliphatic heterocycles. The van der Waals surface area contributed by atoms with Crippen molar-refractivity contribution in [2.45, 2.75) is 6.42 Å². The van der Waals surface area contributed by atoms with Gasteiger partial charge < -0.3 is 15.0 Å². The van der Waals surface area contributed by atoms with Crippen LogP contribution in [0, 0.1) is 5.82 Å². The van der Waals surface area contributed by atoms with Crippen molar-refractivity contribution in [3.05, 3.63) is 64.8 Å². The molecule has 0 spiro atoms. The van der Waals surface area contributed by atoms with E-state index in [0.717, 1.165) is 16.5 Å². The van der Waals surface area contributed by atoms with E-state index in [4.69, 9.17) is 16.3 Å². The molecule has 10 heteroatoms. The average Bonchev–Trinajstić information content (AvgIpc) is 3.38. The van der Waals surface area contributed by atoms with Gasteiger partial charge in [0.05, 0.1) is 23.4 Å². The summed E-state index contributed by atoms with van der Waals surface area (Å²) < 4.78 is 20.2. The van der Waals surface area contributed by atoms with Crippen molar-refractivity contribution < 1.29 is 13.9 Å². The zero-order valence-corrected chi connectivity index (χ0v) is 16.1. The molecular formula is C19H16ClFN6O2. The number of H-pyrrole nitrogens is 1. The lowest BCUT2D eigenvalue weighted by Crippen LogP contribution is -2.26. The van der Waals surface area contributed by atoms with Crippen LogP contribution in [0.5, 0.6) is 5.75 Å². The Morgan fingerprint density at radius 2 is 2.21 bits per heavy atom. The first-order chi connectivity index (χ1) is 14.1. The largest absolute Gasteiger partial charge is 0.496 e. The third-order valence-corrected chi connectivity index (χ3v) is 4.82. The molecule has 8 nitrogen and oxygen atoms in total.